The van der Waals surface area contributed by atoms with Crippen molar-refractivity contribution in [3.63, 3.8) is 0 Å². The zero-order valence-electron chi connectivity index (χ0n) is 17.3. The fraction of sp³-hybridized carbons (Fsp3) is 0.400. The van der Waals surface area contributed by atoms with Crippen molar-refractivity contribution < 1.29 is 19.1 Å². The van der Waals surface area contributed by atoms with Crippen molar-refractivity contribution in [2.24, 2.45) is 4.99 Å². The van der Waals surface area contributed by atoms with E-state index in [-0.39, 0.29) is 0 Å². The number of amides is 3. The average molecular weight is 432 g/mol. The lowest BCUT2D eigenvalue weighted by Gasteiger charge is -2.40. The van der Waals surface area contributed by atoms with Crippen molar-refractivity contribution in [1.29, 1.82) is 0 Å². The van der Waals surface area contributed by atoms with E-state index in [0.29, 0.717) is 11.0 Å². The number of carbonyl (C=O) groups excluding carboxylic acids is 3. The maximum absolute atomic E-state index is 13.3. The van der Waals surface area contributed by atoms with Crippen LogP contribution >= 0.6 is 11.6 Å². The van der Waals surface area contributed by atoms with Gasteiger partial charge in [-0.3, -0.25) is 24.3 Å². The van der Waals surface area contributed by atoms with Gasteiger partial charge in [0.05, 0.1) is 12.8 Å². The van der Waals surface area contributed by atoms with Gasteiger partial charge in [0.1, 0.15) is 6.54 Å². The first-order valence-electron chi connectivity index (χ1n) is 9.43. The van der Waals surface area contributed by atoms with Crippen LogP contribution in [0.3, 0.4) is 0 Å². The number of carbonyl (C=O) groups is 3. The highest BCUT2D eigenvalue weighted by molar-refractivity contribution is 6.31. The molecule has 1 fully saturated rings. The number of hydrogen-bond donors (Lipinski definition) is 0. The molecule has 0 aliphatic carbocycles. The number of esters is 1. The third-order valence-electron chi connectivity index (χ3n) is 5.82. The number of fused-ring (bicyclic) bond motifs is 3. The van der Waals surface area contributed by atoms with Gasteiger partial charge in [0, 0.05) is 23.5 Å². The monoisotopic (exact) mass is 431 g/mol. The Balaban J connectivity index is 1.77. The number of nitrogens with zero attached hydrogens (tertiary/aromatic N) is 5. The number of likely N-dealkylation sites (N-methyl/N-ethyl adjacent to an activating group) is 1. The highest BCUT2D eigenvalue weighted by atomic mass is 35.5. The van der Waals surface area contributed by atoms with Crippen LogP contribution in [-0.4, -0.2) is 71.5 Å². The number of guanidine groups is 1. The lowest BCUT2D eigenvalue weighted by molar-refractivity contribution is -0.148. The predicted octanol–water partition coefficient (Wildman–Crippen LogP) is 2.15. The van der Waals surface area contributed by atoms with E-state index in [1.54, 1.807) is 7.05 Å². The zero-order valence-corrected chi connectivity index (χ0v) is 18.1. The molecule has 3 heterocycles. The molecule has 3 aliphatic rings. The first-order chi connectivity index (χ1) is 14.2. The molecule has 2 atom stereocenters. The number of hydrogen-bond acceptors (Lipinski definition) is 7. The van der Waals surface area contributed by atoms with Gasteiger partial charge >= 0.3 is 12.0 Å². The summed E-state index contributed by atoms with van der Waals surface area (Å²) in [5, 5.41) is 0.586. The van der Waals surface area contributed by atoms with Gasteiger partial charge < -0.3 is 9.64 Å². The second-order valence-corrected chi connectivity index (χ2v) is 7.93. The van der Waals surface area contributed by atoms with Crippen LogP contribution in [0.1, 0.15) is 19.4 Å². The number of allylic oxidation sites excluding steroid dienone is 2. The number of halogens is 1. The minimum atomic E-state index is -0.758. The molecule has 0 aromatic heterocycles. The van der Waals surface area contributed by atoms with E-state index >= 15 is 0 Å². The second-order valence-electron chi connectivity index (χ2n) is 7.49. The number of ether oxygens (including phenoxy) is 1. The minimum absolute atomic E-state index is 0.441. The van der Waals surface area contributed by atoms with Crippen LogP contribution in [0.2, 0.25) is 5.02 Å². The fourth-order valence-corrected chi connectivity index (χ4v) is 4.23. The molecule has 10 heteroatoms. The van der Waals surface area contributed by atoms with Crippen LogP contribution in [0.4, 0.5) is 10.5 Å². The number of aliphatic imine (C=N–C) groups is 1. The molecule has 158 valence electrons. The molecule has 0 N–H and O–H groups in total. The van der Waals surface area contributed by atoms with Crippen molar-refractivity contribution in [3.8, 4) is 0 Å². The predicted molar refractivity (Wildman–Crippen MR) is 111 cm³/mol. The molecule has 3 amide bonds. The van der Waals surface area contributed by atoms with Crippen molar-refractivity contribution in [2.75, 3.05) is 25.6 Å². The van der Waals surface area contributed by atoms with Gasteiger partial charge in [0.15, 0.2) is 12.2 Å². The van der Waals surface area contributed by atoms with E-state index < -0.39 is 36.7 Å². The largest absolute Gasteiger partial charge is 0.468 e. The van der Waals surface area contributed by atoms with Crippen LogP contribution in [-0.2, 0) is 14.3 Å². The van der Waals surface area contributed by atoms with Gasteiger partial charge in [0.2, 0.25) is 5.96 Å². The lowest BCUT2D eigenvalue weighted by atomic mass is 10.1. The van der Waals surface area contributed by atoms with Crippen molar-refractivity contribution in [1.82, 2.24) is 14.7 Å². The molecule has 2 unspecified atom stereocenters. The highest BCUT2D eigenvalue weighted by Crippen LogP contribution is 2.41. The minimum Gasteiger partial charge on any atom is -0.468 e. The molecular formula is C20H22ClN5O4. The maximum atomic E-state index is 13.3. The third-order valence-corrected chi connectivity index (χ3v) is 6.05. The maximum Gasteiger partial charge on any atom is 0.328 e. The summed E-state index contributed by atoms with van der Waals surface area (Å²) in [4.78, 5) is 48.6. The summed E-state index contributed by atoms with van der Waals surface area (Å²) in [5.41, 5.74) is 3.60. The summed E-state index contributed by atoms with van der Waals surface area (Å²) in [6.45, 7) is 5.38. The first-order valence-corrected chi connectivity index (χ1v) is 9.81. The lowest BCUT2D eigenvalue weighted by Crippen LogP contribution is -2.65. The SMILES string of the molecule is COC(=O)CN1C(=O)C2C(N=C3N(c4cc(Cl)ccc4C)C(C)=C(C)N32)N(C)C1=O. The molecule has 0 radical (unpaired) electrons. The number of methoxy groups -OCH3 is 1. The number of benzene rings is 1. The van der Waals surface area contributed by atoms with Gasteiger partial charge in [-0.05, 0) is 38.5 Å². The molecule has 0 saturated carbocycles. The van der Waals surface area contributed by atoms with Crippen LogP contribution in [0.25, 0.3) is 0 Å². The summed E-state index contributed by atoms with van der Waals surface area (Å²) < 4.78 is 4.64. The van der Waals surface area contributed by atoms with E-state index in [0.717, 1.165) is 27.5 Å². The molecule has 0 bridgehead atoms. The molecular weight excluding hydrogens is 410 g/mol. The number of urea groups is 1. The first kappa shape index (κ1) is 20.2. The quantitative estimate of drug-likeness (QED) is 0.682. The van der Waals surface area contributed by atoms with E-state index in [1.807, 2.05) is 48.8 Å². The van der Waals surface area contributed by atoms with Crippen LogP contribution in [0, 0.1) is 6.92 Å². The smallest absolute Gasteiger partial charge is 0.328 e. The molecule has 4 rings (SSSR count). The summed E-state index contributed by atoms with van der Waals surface area (Å²) in [6, 6.07) is 4.25. The van der Waals surface area contributed by atoms with E-state index in [2.05, 4.69) is 4.74 Å². The van der Waals surface area contributed by atoms with Crippen molar-refractivity contribution in [2.45, 2.75) is 33.0 Å². The zero-order chi connectivity index (χ0) is 21.9. The Kier molecular flexibility index (Phi) is 4.73. The van der Waals surface area contributed by atoms with Crippen LogP contribution in [0.5, 0.6) is 0 Å². The summed E-state index contributed by atoms with van der Waals surface area (Å²) in [5.74, 6) is -0.592. The Labute approximate surface area is 179 Å². The summed E-state index contributed by atoms with van der Waals surface area (Å²) >= 11 is 6.24. The molecule has 1 aromatic rings. The standard InChI is InChI=1S/C20H22ClN5O4/c1-10-6-7-13(21)8-14(10)25-11(2)12(3)26-16-17(22-19(25)26)23(4)20(29)24(18(16)28)9-15(27)30-5/h6-8,16-17H,9H2,1-5H3. The van der Waals surface area contributed by atoms with E-state index in [4.69, 9.17) is 16.6 Å². The Morgan fingerprint density at radius 1 is 1.20 bits per heavy atom. The van der Waals surface area contributed by atoms with Crippen molar-refractivity contribution >= 4 is 41.2 Å². The number of rotatable bonds is 3. The third kappa shape index (κ3) is 2.76. The highest BCUT2D eigenvalue weighted by Gasteiger charge is 2.56. The van der Waals surface area contributed by atoms with E-state index in [1.165, 1.54) is 12.0 Å². The molecule has 30 heavy (non-hydrogen) atoms. The molecule has 0 spiro atoms. The molecule has 3 aliphatic heterocycles. The number of aryl methyl sites for hydroxylation is 1. The van der Waals surface area contributed by atoms with Gasteiger partial charge in [0.25, 0.3) is 5.91 Å². The molecule has 1 aromatic carbocycles. The summed E-state index contributed by atoms with van der Waals surface area (Å²) in [6.07, 6.45) is -0.695. The Bertz CT molecular complexity index is 1040. The molecule has 9 nitrogen and oxygen atoms in total. The normalized spacial score (nSPS) is 23.2. The van der Waals surface area contributed by atoms with E-state index in [9.17, 15) is 14.4 Å². The van der Waals surface area contributed by atoms with Gasteiger partial charge in [-0.2, -0.15) is 0 Å². The van der Waals surface area contributed by atoms with Gasteiger partial charge in [-0.1, -0.05) is 17.7 Å². The number of imide groups is 1. The fourth-order valence-electron chi connectivity index (χ4n) is 4.06. The second kappa shape index (κ2) is 7.02. The van der Waals surface area contributed by atoms with Crippen LogP contribution < -0.4 is 4.90 Å². The van der Waals surface area contributed by atoms with Gasteiger partial charge in [-0.25, -0.2) is 9.79 Å². The Morgan fingerprint density at radius 3 is 2.57 bits per heavy atom. The number of anilines is 1. The van der Waals surface area contributed by atoms with Crippen LogP contribution in [0.15, 0.2) is 34.6 Å². The Hall–Kier alpha value is -3.07. The summed E-state index contributed by atoms with van der Waals surface area (Å²) in [7, 11) is 2.79. The van der Waals surface area contributed by atoms with Crippen molar-refractivity contribution in [3.05, 3.63) is 40.2 Å². The van der Waals surface area contributed by atoms with Gasteiger partial charge in [-0.15, -0.1) is 0 Å². The molecule has 1 saturated heterocycles. The Morgan fingerprint density at radius 2 is 1.90 bits per heavy atom. The average Bonchev–Trinajstić information content (AvgIpc) is 3.21. The topological polar surface area (TPSA) is 85.8 Å².